The Morgan fingerprint density at radius 2 is 2.06 bits per heavy atom. The van der Waals surface area contributed by atoms with E-state index in [9.17, 15) is 4.79 Å². The normalized spacial score (nSPS) is 24.6. The van der Waals surface area contributed by atoms with Gasteiger partial charge in [-0.05, 0) is 37.5 Å². The molecule has 0 aromatic rings. The molecule has 0 unspecified atom stereocenters. The number of nitrogens with one attached hydrogen (secondary N) is 1. The van der Waals surface area contributed by atoms with Crippen LogP contribution in [0, 0.1) is 5.41 Å². The largest absolute Gasteiger partial charge is 0.385 e. The van der Waals surface area contributed by atoms with E-state index in [1.54, 1.807) is 7.11 Å². The standard InChI is InChI=1S/C12H22N2O2/c1-16-8-7-11(3-2-4-11)9-14-10(15)12(13)5-6-12/h2-9,13H2,1H3,(H,14,15). The highest BCUT2D eigenvalue weighted by molar-refractivity contribution is 5.88. The Kier molecular flexibility index (Phi) is 3.22. The molecule has 2 aliphatic rings. The van der Waals surface area contributed by atoms with Crippen LogP contribution in [0.3, 0.4) is 0 Å². The zero-order chi connectivity index (χ0) is 11.6. The van der Waals surface area contributed by atoms with Crippen molar-refractivity contribution in [1.82, 2.24) is 5.32 Å². The summed E-state index contributed by atoms with van der Waals surface area (Å²) in [6.45, 7) is 1.55. The Bertz CT molecular complexity index is 270. The van der Waals surface area contributed by atoms with Gasteiger partial charge in [0, 0.05) is 20.3 Å². The molecule has 0 bridgehead atoms. The molecule has 2 saturated carbocycles. The van der Waals surface area contributed by atoms with E-state index >= 15 is 0 Å². The van der Waals surface area contributed by atoms with E-state index in [0.717, 1.165) is 32.4 Å². The molecule has 4 heteroatoms. The Hall–Kier alpha value is -0.610. The predicted octanol–water partition coefficient (Wildman–Crippen LogP) is 0.801. The predicted molar refractivity (Wildman–Crippen MR) is 61.9 cm³/mol. The Balaban J connectivity index is 1.76. The lowest BCUT2D eigenvalue weighted by molar-refractivity contribution is -0.124. The van der Waals surface area contributed by atoms with Crippen molar-refractivity contribution in [3.8, 4) is 0 Å². The lowest BCUT2D eigenvalue weighted by Gasteiger charge is -2.42. The molecule has 0 aromatic heterocycles. The van der Waals surface area contributed by atoms with Gasteiger partial charge in [0.1, 0.15) is 0 Å². The highest BCUT2D eigenvalue weighted by Crippen LogP contribution is 2.43. The first-order valence-electron chi connectivity index (χ1n) is 6.16. The number of amides is 1. The number of rotatable bonds is 6. The summed E-state index contributed by atoms with van der Waals surface area (Å²) in [5, 5.41) is 3.02. The Labute approximate surface area is 96.9 Å². The maximum Gasteiger partial charge on any atom is 0.240 e. The number of ether oxygens (including phenoxy) is 1. The van der Waals surface area contributed by atoms with Crippen LogP contribution in [0.25, 0.3) is 0 Å². The first kappa shape index (κ1) is 11.9. The van der Waals surface area contributed by atoms with E-state index in [1.165, 1.54) is 19.3 Å². The van der Waals surface area contributed by atoms with Crippen LogP contribution in [0.4, 0.5) is 0 Å². The summed E-state index contributed by atoms with van der Waals surface area (Å²) in [4.78, 5) is 11.7. The minimum atomic E-state index is -0.536. The summed E-state index contributed by atoms with van der Waals surface area (Å²) < 4.78 is 5.12. The smallest absolute Gasteiger partial charge is 0.240 e. The zero-order valence-electron chi connectivity index (χ0n) is 10.1. The molecule has 16 heavy (non-hydrogen) atoms. The van der Waals surface area contributed by atoms with Gasteiger partial charge in [0.05, 0.1) is 5.54 Å². The molecule has 2 fully saturated rings. The van der Waals surface area contributed by atoms with E-state index in [-0.39, 0.29) is 11.3 Å². The molecule has 2 aliphatic carbocycles. The average Bonchev–Trinajstić information content (AvgIpc) is 2.95. The molecule has 0 aromatic carbocycles. The van der Waals surface area contributed by atoms with E-state index in [4.69, 9.17) is 10.5 Å². The fourth-order valence-corrected chi connectivity index (χ4v) is 2.32. The Morgan fingerprint density at radius 1 is 1.38 bits per heavy atom. The van der Waals surface area contributed by atoms with Crippen molar-refractivity contribution in [2.24, 2.45) is 11.1 Å². The number of carbonyl (C=O) groups is 1. The van der Waals surface area contributed by atoms with Gasteiger partial charge in [0.15, 0.2) is 0 Å². The lowest BCUT2D eigenvalue weighted by Crippen LogP contribution is -2.49. The first-order valence-corrected chi connectivity index (χ1v) is 6.16. The molecule has 0 heterocycles. The molecule has 4 nitrogen and oxygen atoms in total. The summed E-state index contributed by atoms with van der Waals surface area (Å²) in [5.41, 5.74) is 5.60. The van der Waals surface area contributed by atoms with Crippen LogP contribution in [-0.4, -0.2) is 31.7 Å². The lowest BCUT2D eigenvalue weighted by atomic mass is 9.66. The molecule has 92 valence electrons. The summed E-state index contributed by atoms with van der Waals surface area (Å²) >= 11 is 0. The number of hydrogen-bond donors (Lipinski definition) is 2. The number of nitrogens with two attached hydrogens (primary N) is 1. The van der Waals surface area contributed by atoms with Crippen LogP contribution in [0.1, 0.15) is 38.5 Å². The second-order valence-electron chi connectivity index (χ2n) is 5.44. The van der Waals surface area contributed by atoms with Gasteiger partial charge in [-0.25, -0.2) is 0 Å². The van der Waals surface area contributed by atoms with E-state index in [0.29, 0.717) is 0 Å². The van der Waals surface area contributed by atoms with Crippen molar-refractivity contribution in [3.05, 3.63) is 0 Å². The van der Waals surface area contributed by atoms with Crippen molar-refractivity contribution < 1.29 is 9.53 Å². The molecule has 0 radical (unpaired) electrons. The molecule has 0 saturated heterocycles. The molecule has 2 rings (SSSR count). The third-order valence-electron chi connectivity index (χ3n) is 4.12. The highest BCUT2D eigenvalue weighted by Gasteiger charge is 2.47. The summed E-state index contributed by atoms with van der Waals surface area (Å²) in [7, 11) is 1.73. The molecule has 0 aliphatic heterocycles. The van der Waals surface area contributed by atoms with Gasteiger partial charge >= 0.3 is 0 Å². The second-order valence-corrected chi connectivity index (χ2v) is 5.44. The minimum absolute atomic E-state index is 0.0381. The third kappa shape index (κ3) is 2.38. The molecular weight excluding hydrogens is 204 g/mol. The van der Waals surface area contributed by atoms with Crippen molar-refractivity contribution in [3.63, 3.8) is 0 Å². The van der Waals surface area contributed by atoms with E-state index in [1.807, 2.05) is 0 Å². The van der Waals surface area contributed by atoms with E-state index < -0.39 is 5.54 Å². The van der Waals surface area contributed by atoms with Crippen LogP contribution in [0.2, 0.25) is 0 Å². The Morgan fingerprint density at radius 3 is 2.50 bits per heavy atom. The fourth-order valence-electron chi connectivity index (χ4n) is 2.32. The second kappa shape index (κ2) is 4.34. The minimum Gasteiger partial charge on any atom is -0.385 e. The van der Waals surface area contributed by atoms with Gasteiger partial charge in [0.25, 0.3) is 0 Å². The van der Waals surface area contributed by atoms with Crippen LogP contribution in [-0.2, 0) is 9.53 Å². The molecule has 1 amide bonds. The van der Waals surface area contributed by atoms with Crippen molar-refractivity contribution >= 4 is 5.91 Å². The zero-order valence-corrected chi connectivity index (χ0v) is 10.1. The molecular formula is C12H22N2O2. The van der Waals surface area contributed by atoms with Gasteiger partial charge in [0.2, 0.25) is 5.91 Å². The van der Waals surface area contributed by atoms with Crippen LogP contribution in [0.5, 0.6) is 0 Å². The van der Waals surface area contributed by atoms with Gasteiger partial charge in [-0.1, -0.05) is 6.42 Å². The van der Waals surface area contributed by atoms with E-state index in [2.05, 4.69) is 5.32 Å². The number of carbonyl (C=O) groups excluding carboxylic acids is 1. The molecule has 3 N–H and O–H groups in total. The molecule has 0 atom stereocenters. The third-order valence-corrected chi connectivity index (χ3v) is 4.12. The first-order chi connectivity index (χ1) is 7.60. The van der Waals surface area contributed by atoms with Gasteiger partial charge in [-0.15, -0.1) is 0 Å². The van der Waals surface area contributed by atoms with Crippen molar-refractivity contribution in [2.75, 3.05) is 20.3 Å². The SMILES string of the molecule is COCCC1(CNC(=O)C2(N)CC2)CCC1. The van der Waals surface area contributed by atoms with Gasteiger partial charge < -0.3 is 15.8 Å². The van der Waals surface area contributed by atoms with Crippen molar-refractivity contribution in [2.45, 2.75) is 44.1 Å². The summed E-state index contributed by atoms with van der Waals surface area (Å²) in [6, 6.07) is 0. The van der Waals surface area contributed by atoms with Gasteiger partial charge in [-0.2, -0.15) is 0 Å². The highest BCUT2D eigenvalue weighted by atomic mass is 16.5. The fraction of sp³-hybridized carbons (Fsp3) is 0.917. The van der Waals surface area contributed by atoms with Crippen LogP contribution < -0.4 is 11.1 Å². The van der Waals surface area contributed by atoms with Crippen LogP contribution in [0.15, 0.2) is 0 Å². The summed E-state index contributed by atoms with van der Waals surface area (Å²) in [5.74, 6) is 0.0381. The summed E-state index contributed by atoms with van der Waals surface area (Å²) in [6.07, 6.45) is 6.39. The number of methoxy groups -OCH3 is 1. The maximum absolute atomic E-state index is 11.7. The van der Waals surface area contributed by atoms with Crippen molar-refractivity contribution in [1.29, 1.82) is 0 Å². The molecule has 0 spiro atoms. The number of hydrogen-bond acceptors (Lipinski definition) is 3. The monoisotopic (exact) mass is 226 g/mol. The van der Waals surface area contributed by atoms with Gasteiger partial charge in [-0.3, -0.25) is 4.79 Å². The topological polar surface area (TPSA) is 64.3 Å². The van der Waals surface area contributed by atoms with Crippen LogP contribution >= 0.6 is 0 Å². The average molecular weight is 226 g/mol. The maximum atomic E-state index is 11.7. The quantitative estimate of drug-likeness (QED) is 0.704.